The maximum atomic E-state index is 12.3. The number of nitrogens with zero attached hydrogens (tertiary/aromatic N) is 2. The molecule has 0 unspecified atom stereocenters. The van der Waals surface area contributed by atoms with E-state index in [4.69, 9.17) is 4.74 Å². The normalized spacial score (nSPS) is 27.2. The number of amides is 2. The van der Waals surface area contributed by atoms with Crippen LogP contribution in [0, 0.1) is 11.3 Å². The number of ether oxygens (including phenoxy) is 1. The van der Waals surface area contributed by atoms with E-state index in [-0.39, 0.29) is 23.6 Å². The molecule has 1 aromatic heterocycles. The maximum absolute atomic E-state index is 12.3. The van der Waals surface area contributed by atoms with Crippen molar-refractivity contribution in [2.24, 2.45) is 11.3 Å². The first kappa shape index (κ1) is 15.5. The zero-order valence-corrected chi connectivity index (χ0v) is 14.5. The lowest BCUT2D eigenvalue weighted by atomic mass is 9.57. The Balaban J connectivity index is 1.38. The Morgan fingerprint density at radius 2 is 2.12 bits per heavy atom. The van der Waals surface area contributed by atoms with E-state index in [1.165, 1.54) is 11.5 Å². The highest BCUT2D eigenvalue weighted by Crippen LogP contribution is 2.52. The van der Waals surface area contributed by atoms with Crippen LogP contribution in [0.5, 0.6) is 0 Å². The van der Waals surface area contributed by atoms with Crippen LogP contribution in [0.4, 0.5) is 10.5 Å². The smallest absolute Gasteiger partial charge is 0.319 e. The Kier molecular flexibility index (Phi) is 3.77. The lowest BCUT2D eigenvalue weighted by Crippen LogP contribution is -2.67. The minimum Gasteiger partial charge on any atom is -0.377 e. The lowest BCUT2D eigenvalue weighted by molar-refractivity contribution is -0.107. The van der Waals surface area contributed by atoms with Crippen molar-refractivity contribution in [2.45, 2.75) is 32.4 Å². The van der Waals surface area contributed by atoms with Crippen molar-refractivity contribution < 1.29 is 9.53 Å². The molecule has 1 aliphatic heterocycles. The van der Waals surface area contributed by atoms with Gasteiger partial charge >= 0.3 is 6.03 Å². The zero-order valence-electron chi connectivity index (χ0n) is 13.7. The molecular formula is C17H20N4O2S. The Morgan fingerprint density at radius 1 is 1.33 bits per heavy atom. The fraction of sp³-hybridized carbons (Fsp3) is 0.471. The molecular weight excluding hydrogens is 324 g/mol. The van der Waals surface area contributed by atoms with Crippen LogP contribution in [-0.4, -0.2) is 34.4 Å². The molecule has 2 heterocycles. The second kappa shape index (κ2) is 5.82. The molecule has 2 fully saturated rings. The summed E-state index contributed by atoms with van der Waals surface area (Å²) in [4.78, 5) is 12.3. The van der Waals surface area contributed by atoms with Crippen molar-refractivity contribution in [1.82, 2.24) is 14.9 Å². The molecule has 2 N–H and O–H groups in total. The van der Waals surface area contributed by atoms with Gasteiger partial charge in [0.2, 0.25) is 0 Å². The summed E-state index contributed by atoms with van der Waals surface area (Å²) in [5, 5.41) is 12.0. The second-order valence-electron chi connectivity index (χ2n) is 7.01. The van der Waals surface area contributed by atoms with Crippen molar-refractivity contribution in [3.05, 3.63) is 29.6 Å². The summed E-state index contributed by atoms with van der Waals surface area (Å²) in [5.41, 5.74) is 2.58. The van der Waals surface area contributed by atoms with Crippen molar-refractivity contribution in [1.29, 1.82) is 0 Å². The summed E-state index contributed by atoms with van der Waals surface area (Å²) >= 11 is 1.32. The first-order chi connectivity index (χ1) is 11.6. The van der Waals surface area contributed by atoms with E-state index in [2.05, 4.69) is 34.1 Å². The summed E-state index contributed by atoms with van der Waals surface area (Å²) in [6, 6.07) is 7.61. The number of nitrogens with one attached hydrogen (secondary N) is 2. The second-order valence-corrected chi connectivity index (χ2v) is 7.62. The van der Waals surface area contributed by atoms with Crippen LogP contribution in [0.15, 0.2) is 29.6 Å². The summed E-state index contributed by atoms with van der Waals surface area (Å²) < 4.78 is 9.62. The third-order valence-corrected chi connectivity index (χ3v) is 5.69. The molecule has 1 saturated carbocycles. The third-order valence-electron chi connectivity index (χ3n) is 5.19. The number of benzene rings is 1. The van der Waals surface area contributed by atoms with Crippen LogP contribution in [-0.2, 0) is 4.74 Å². The molecule has 7 heteroatoms. The van der Waals surface area contributed by atoms with E-state index in [9.17, 15) is 4.79 Å². The van der Waals surface area contributed by atoms with Crippen LogP contribution >= 0.6 is 11.5 Å². The Bertz CT molecular complexity index is 730. The van der Waals surface area contributed by atoms with Crippen molar-refractivity contribution in [2.75, 3.05) is 11.9 Å². The molecule has 1 aliphatic carbocycles. The van der Waals surface area contributed by atoms with Gasteiger partial charge in [-0.1, -0.05) is 30.5 Å². The van der Waals surface area contributed by atoms with Gasteiger partial charge < -0.3 is 15.4 Å². The molecule has 24 heavy (non-hydrogen) atoms. The van der Waals surface area contributed by atoms with Gasteiger partial charge in [-0.3, -0.25) is 0 Å². The van der Waals surface area contributed by atoms with Gasteiger partial charge in [-0.15, -0.1) is 5.10 Å². The standard InChI is InChI=1S/C17H20N4O2S/c1-17(2)14(12-7-8-23-15(12)17)19-16(22)18-11-5-3-10(4-6-11)13-9-24-21-20-13/h3-6,9,12,14-15H,7-8H2,1-2H3,(H2,18,19,22)/t12-,14+,15-/m0/s1. The zero-order chi connectivity index (χ0) is 16.7. The number of fused-ring (bicyclic) bond motifs is 1. The first-order valence-electron chi connectivity index (χ1n) is 8.12. The van der Waals surface area contributed by atoms with Crippen LogP contribution in [0.1, 0.15) is 20.3 Å². The van der Waals surface area contributed by atoms with E-state index in [0.717, 1.165) is 30.0 Å². The average Bonchev–Trinajstić information content (AvgIpc) is 3.24. The highest BCUT2D eigenvalue weighted by Gasteiger charge is 2.59. The molecule has 1 aromatic carbocycles. The van der Waals surface area contributed by atoms with Gasteiger partial charge in [0.25, 0.3) is 0 Å². The van der Waals surface area contributed by atoms with Crippen molar-refractivity contribution in [3.63, 3.8) is 0 Å². The molecule has 0 bridgehead atoms. The van der Waals surface area contributed by atoms with E-state index < -0.39 is 0 Å². The van der Waals surface area contributed by atoms with E-state index >= 15 is 0 Å². The van der Waals surface area contributed by atoms with Gasteiger partial charge in [0.1, 0.15) is 5.69 Å². The van der Waals surface area contributed by atoms with Gasteiger partial charge in [0, 0.05) is 40.6 Å². The predicted molar refractivity (Wildman–Crippen MR) is 92.9 cm³/mol. The first-order valence-corrected chi connectivity index (χ1v) is 8.96. The number of urea groups is 1. The summed E-state index contributed by atoms with van der Waals surface area (Å²) in [7, 11) is 0. The molecule has 2 aliphatic rings. The molecule has 1 saturated heterocycles. The molecule has 6 nitrogen and oxygen atoms in total. The van der Waals surface area contributed by atoms with Gasteiger partial charge in [-0.25, -0.2) is 4.79 Å². The number of aromatic nitrogens is 2. The third kappa shape index (κ3) is 2.57. The Labute approximate surface area is 144 Å². The molecule has 126 valence electrons. The predicted octanol–water partition coefficient (Wildman–Crippen LogP) is 3.14. The van der Waals surface area contributed by atoms with Crippen LogP contribution in [0.3, 0.4) is 0 Å². The van der Waals surface area contributed by atoms with Gasteiger partial charge in [-0.2, -0.15) is 0 Å². The van der Waals surface area contributed by atoms with Crippen LogP contribution in [0.25, 0.3) is 11.3 Å². The number of hydrogen-bond acceptors (Lipinski definition) is 5. The van der Waals surface area contributed by atoms with Gasteiger partial charge in [0.05, 0.1) is 6.10 Å². The molecule has 2 aromatic rings. The summed E-state index contributed by atoms with van der Waals surface area (Å²) in [5.74, 6) is 0.435. The molecule has 4 rings (SSSR count). The minimum atomic E-state index is -0.165. The van der Waals surface area contributed by atoms with E-state index in [1.807, 2.05) is 29.6 Å². The van der Waals surface area contributed by atoms with Crippen molar-refractivity contribution >= 4 is 23.3 Å². The quantitative estimate of drug-likeness (QED) is 0.897. The number of carbonyl (C=O) groups excluding carboxylic acids is 1. The fourth-order valence-electron chi connectivity index (χ4n) is 3.94. The average molecular weight is 344 g/mol. The molecule has 0 radical (unpaired) electrons. The SMILES string of the molecule is CC1(C)[C@H](NC(=O)Nc2ccc(-c3csnn3)cc2)[C@@H]2CCO[C@@H]21. The molecule has 0 spiro atoms. The Hall–Kier alpha value is -1.99. The molecule has 2 amide bonds. The number of rotatable bonds is 3. The number of carbonyl (C=O) groups is 1. The van der Waals surface area contributed by atoms with Gasteiger partial charge in [-0.05, 0) is 30.1 Å². The minimum absolute atomic E-state index is 0.0139. The van der Waals surface area contributed by atoms with E-state index in [0.29, 0.717) is 5.92 Å². The monoisotopic (exact) mass is 344 g/mol. The van der Waals surface area contributed by atoms with Crippen molar-refractivity contribution in [3.8, 4) is 11.3 Å². The maximum Gasteiger partial charge on any atom is 0.319 e. The van der Waals surface area contributed by atoms with Crippen LogP contribution in [0.2, 0.25) is 0 Å². The number of anilines is 1. The van der Waals surface area contributed by atoms with Gasteiger partial charge in [0.15, 0.2) is 0 Å². The molecule has 3 atom stereocenters. The van der Waals surface area contributed by atoms with Crippen LogP contribution < -0.4 is 10.6 Å². The highest BCUT2D eigenvalue weighted by atomic mass is 32.1. The van der Waals surface area contributed by atoms with E-state index in [1.54, 1.807) is 0 Å². The fourth-order valence-corrected chi connectivity index (χ4v) is 4.41. The summed E-state index contributed by atoms with van der Waals surface area (Å²) in [6.07, 6.45) is 1.30. The largest absolute Gasteiger partial charge is 0.377 e. The lowest BCUT2D eigenvalue weighted by Gasteiger charge is -2.54. The number of hydrogen-bond donors (Lipinski definition) is 2. The highest BCUT2D eigenvalue weighted by molar-refractivity contribution is 7.03. The topological polar surface area (TPSA) is 76.1 Å². The summed E-state index contributed by atoms with van der Waals surface area (Å²) in [6.45, 7) is 5.10. The Morgan fingerprint density at radius 3 is 2.83 bits per heavy atom.